The van der Waals surface area contributed by atoms with E-state index in [9.17, 15) is 25.0 Å². The van der Waals surface area contributed by atoms with Crippen molar-refractivity contribution in [2.45, 2.75) is 13.8 Å². The lowest BCUT2D eigenvalue weighted by Gasteiger charge is -2.37. The Morgan fingerprint density at radius 2 is 1.50 bits per heavy atom. The summed E-state index contributed by atoms with van der Waals surface area (Å²) in [6.45, 7) is 6.21. The van der Waals surface area contributed by atoms with Crippen molar-refractivity contribution in [3.05, 3.63) is 73.3 Å². The third kappa shape index (κ3) is 3.78. The lowest BCUT2D eigenvalue weighted by atomic mass is 10.1. The predicted octanol–water partition coefficient (Wildman–Crippen LogP) is 3.08. The van der Waals surface area contributed by atoms with Gasteiger partial charge < -0.3 is 9.80 Å². The number of aryl methyl sites for hydroxylation is 1. The van der Waals surface area contributed by atoms with Crippen LogP contribution in [0.4, 0.5) is 17.1 Å². The lowest BCUT2D eigenvalue weighted by molar-refractivity contribution is -0.394. The van der Waals surface area contributed by atoms with E-state index in [-0.39, 0.29) is 5.56 Å². The van der Waals surface area contributed by atoms with Gasteiger partial charge in [0.1, 0.15) is 0 Å². The largest absolute Gasteiger partial charge is 0.368 e. The summed E-state index contributed by atoms with van der Waals surface area (Å²) in [5.74, 6) is -0.438. The van der Waals surface area contributed by atoms with E-state index in [0.29, 0.717) is 26.2 Å². The maximum absolute atomic E-state index is 12.8. The monoisotopic (exact) mass is 384 g/mol. The second kappa shape index (κ2) is 7.63. The second-order valence-electron chi connectivity index (χ2n) is 6.75. The van der Waals surface area contributed by atoms with Crippen LogP contribution in [-0.4, -0.2) is 46.8 Å². The lowest BCUT2D eigenvalue weighted by Crippen LogP contribution is -2.49. The highest BCUT2D eigenvalue weighted by atomic mass is 16.6. The second-order valence-corrected chi connectivity index (χ2v) is 6.75. The normalized spacial score (nSPS) is 14.1. The summed E-state index contributed by atoms with van der Waals surface area (Å²) in [6, 6.07) is 9.13. The fourth-order valence-corrected chi connectivity index (χ4v) is 3.34. The zero-order valence-electron chi connectivity index (χ0n) is 15.6. The first kappa shape index (κ1) is 19.3. The van der Waals surface area contributed by atoms with E-state index in [2.05, 4.69) is 11.8 Å². The molecule has 1 heterocycles. The molecule has 0 saturated carbocycles. The molecule has 0 bridgehead atoms. The summed E-state index contributed by atoms with van der Waals surface area (Å²) in [7, 11) is 0. The van der Waals surface area contributed by atoms with E-state index in [1.165, 1.54) is 11.1 Å². The summed E-state index contributed by atoms with van der Waals surface area (Å²) in [5, 5.41) is 22.1. The number of nitro groups is 2. The van der Waals surface area contributed by atoms with Gasteiger partial charge in [-0.2, -0.15) is 0 Å². The first-order valence-corrected chi connectivity index (χ1v) is 8.82. The molecular formula is C19H20N4O5. The Balaban J connectivity index is 1.77. The minimum Gasteiger partial charge on any atom is -0.368 e. The van der Waals surface area contributed by atoms with Gasteiger partial charge in [-0.3, -0.25) is 25.0 Å². The zero-order valence-corrected chi connectivity index (χ0v) is 15.6. The number of carbonyl (C=O) groups excluding carboxylic acids is 1. The molecule has 146 valence electrons. The molecule has 1 aliphatic heterocycles. The van der Waals surface area contributed by atoms with E-state index >= 15 is 0 Å². The van der Waals surface area contributed by atoms with Crippen LogP contribution >= 0.6 is 0 Å². The fraction of sp³-hybridized carbons (Fsp3) is 0.316. The Morgan fingerprint density at radius 1 is 0.929 bits per heavy atom. The highest BCUT2D eigenvalue weighted by Crippen LogP contribution is 2.26. The molecule has 3 rings (SSSR count). The number of hydrogen-bond acceptors (Lipinski definition) is 6. The van der Waals surface area contributed by atoms with Crippen LogP contribution in [0.15, 0.2) is 36.4 Å². The Hall–Kier alpha value is -3.49. The molecule has 28 heavy (non-hydrogen) atoms. The summed E-state index contributed by atoms with van der Waals surface area (Å²) < 4.78 is 0. The standard InChI is InChI=1S/C19H20N4O5/c1-13-4-3-5-18(14(13)2)20-6-8-21(9-7-20)19(24)15-10-16(22(25)26)12-17(11-15)23(27)28/h3-5,10-12H,6-9H2,1-2H3. The third-order valence-electron chi connectivity index (χ3n) is 5.05. The van der Waals surface area contributed by atoms with Crippen LogP contribution in [-0.2, 0) is 0 Å². The number of non-ortho nitro benzene ring substituents is 2. The van der Waals surface area contributed by atoms with Crippen LogP contribution in [0.3, 0.4) is 0 Å². The van der Waals surface area contributed by atoms with Gasteiger partial charge in [-0.1, -0.05) is 12.1 Å². The fourth-order valence-electron chi connectivity index (χ4n) is 3.34. The number of nitrogens with zero attached hydrogens (tertiary/aromatic N) is 4. The average molecular weight is 384 g/mol. The van der Waals surface area contributed by atoms with Crippen LogP contribution in [0.25, 0.3) is 0 Å². The highest BCUT2D eigenvalue weighted by molar-refractivity contribution is 5.95. The van der Waals surface area contributed by atoms with Crippen molar-refractivity contribution in [2.75, 3.05) is 31.1 Å². The molecule has 0 aromatic heterocycles. The van der Waals surface area contributed by atoms with Crippen LogP contribution in [0.2, 0.25) is 0 Å². The molecule has 2 aromatic rings. The van der Waals surface area contributed by atoms with E-state index in [1.807, 2.05) is 25.1 Å². The van der Waals surface area contributed by atoms with Gasteiger partial charge >= 0.3 is 0 Å². The molecule has 2 aromatic carbocycles. The van der Waals surface area contributed by atoms with Crippen molar-refractivity contribution < 1.29 is 14.6 Å². The molecule has 0 unspecified atom stereocenters. The molecule has 1 amide bonds. The zero-order chi connectivity index (χ0) is 20.4. The van der Waals surface area contributed by atoms with Gasteiger partial charge in [0.25, 0.3) is 17.3 Å². The minimum absolute atomic E-state index is 0.0407. The number of amides is 1. The van der Waals surface area contributed by atoms with Crippen molar-refractivity contribution in [1.82, 2.24) is 4.90 Å². The molecule has 0 spiro atoms. The van der Waals surface area contributed by atoms with Crippen LogP contribution in [0.1, 0.15) is 21.5 Å². The Labute approximate surface area is 161 Å². The van der Waals surface area contributed by atoms with Crippen LogP contribution < -0.4 is 4.90 Å². The van der Waals surface area contributed by atoms with Gasteiger partial charge in [0.05, 0.1) is 21.5 Å². The summed E-state index contributed by atoms with van der Waals surface area (Å²) in [6.07, 6.45) is 0. The number of rotatable bonds is 4. The van der Waals surface area contributed by atoms with Crippen molar-refractivity contribution >= 4 is 23.0 Å². The minimum atomic E-state index is -0.734. The maximum atomic E-state index is 12.8. The third-order valence-corrected chi connectivity index (χ3v) is 5.05. The van der Waals surface area contributed by atoms with Gasteiger partial charge in [0, 0.05) is 44.0 Å². The summed E-state index contributed by atoms with van der Waals surface area (Å²) in [4.78, 5) is 37.2. The van der Waals surface area contributed by atoms with E-state index < -0.39 is 27.1 Å². The number of benzene rings is 2. The molecule has 1 aliphatic rings. The molecule has 1 fully saturated rings. The summed E-state index contributed by atoms with van der Waals surface area (Å²) >= 11 is 0. The number of piperazine rings is 1. The molecule has 1 saturated heterocycles. The van der Waals surface area contributed by atoms with Gasteiger partial charge in [0.2, 0.25) is 0 Å². The Morgan fingerprint density at radius 3 is 2.04 bits per heavy atom. The number of carbonyl (C=O) groups is 1. The number of nitro benzene ring substituents is 2. The molecule has 9 nitrogen and oxygen atoms in total. The molecule has 0 aliphatic carbocycles. The molecular weight excluding hydrogens is 364 g/mol. The van der Waals surface area contributed by atoms with Gasteiger partial charge in [-0.15, -0.1) is 0 Å². The highest BCUT2D eigenvalue weighted by Gasteiger charge is 2.26. The molecule has 0 radical (unpaired) electrons. The first-order valence-electron chi connectivity index (χ1n) is 8.82. The molecule has 0 atom stereocenters. The molecule has 0 N–H and O–H groups in total. The first-order chi connectivity index (χ1) is 13.3. The van der Waals surface area contributed by atoms with Crippen molar-refractivity contribution in [3.8, 4) is 0 Å². The predicted molar refractivity (Wildman–Crippen MR) is 104 cm³/mol. The average Bonchev–Trinajstić information content (AvgIpc) is 2.69. The van der Waals surface area contributed by atoms with E-state index in [1.54, 1.807) is 4.90 Å². The van der Waals surface area contributed by atoms with Crippen molar-refractivity contribution in [2.24, 2.45) is 0 Å². The SMILES string of the molecule is Cc1cccc(N2CCN(C(=O)c3cc([N+](=O)[O-])cc([N+](=O)[O-])c3)CC2)c1C. The topological polar surface area (TPSA) is 110 Å². The van der Waals surface area contributed by atoms with Gasteiger partial charge in [-0.05, 0) is 31.0 Å². The van der Waals surface area contributed by atoms with E-state index in [4.69, 9.17) is 0 Å². The van der Waals surface area contributed by atoms with Crippen molar-refractivity contribution in [1.29, 1.82) is 0 Å². The number of hydrogen-bond donors (Lipinski definition) is 0. The summed E-state index contributed by atoms with van der Waals surface area (Å²) in [5.41, 5.74) is 2.54. The smallest absolute Gasteiger partial charge is 0.277 e. The van der Waals surface area contributed by atoms with Crippen molar-refractivity contribution in [3.63, 3.8) is 0 Å². The van der Waals surface area contributed by atoms with Crippen LogP contribution in [0.5, 0.6) is 0 Å². The Bertz CT molecular complexity index is 919. The van der Waals surface area contributed by atoms with Gasteiger partial charge in [-0.25, -0.2) is 0 Å². The molecule has 9 heteroatoms. The quantitative estimate of drug-likeness (QED) is 0.592. The maximum Gasteiger partial charge on any atom is 0.277 e. The van der Waals surface area contributed by atoms with Crippen LogP contribution in [0, 0.1) is 34.1 Å². The van der Waals surface area contributed by atoms with E-state index in [0.717, 1.165) is 23.9 Å². The number of anilines is 1. The van der Waals surface area contributed by atoms with Gasteiger partial charge in [0.15, 0.2) is 0 Å². The Kier molecular flexibility index (Phi) is 5.25.